The highest BCUT2D eigenvalue weighted by Crippen LogP contribution is 2.25. The first-order valence-corrected chi connectivity index (χ1v) is 7.57. The quantitative estimate of drug-likeness (QED) is 0.901. The molecule has 3 rings (SSSR count). The van der Waals surface area contributed by atoms with E-state index >= 15 is 0 Å². The number of carbonyl (C=O) groups is 2. The van der Waals surface area contributed by atoms with Gasteiger partial charge in [-0.25, -0.2) is 4.79 Å². The Morgan fingerprint density at radius 2 is 2.00 bits per heavy atom. The molecule has 1 aromatic heterocycles. The molecule has 1 aliphatic heterocycles. The van der Waals surface area contributed by atoms with Gasteiger partial charge in [0.15, 0.2) is 0 Å². The van der Waals surface area contributed by atoms with Crippen molar-refractivity contribution in [2.24, 2.45) is 0 Å². The van der Waals surface area contributed by atoms with Crippen LogP contribution in [0, 0.1) is 13.8 Å². The highest BCUT2D eigenvalue weighted by Gasteiger charge is 2.34. The van der Waals surface area contributed by atoms with Crippen LogP contribution < -0.4 is 0 Å². The van der Waals surface area contributed by atoms with Crippen molar-refractivity contribution < 1.29 is 14.7 Å². The summed E-state index contributed by atoms with van der Waals surface area (Å²) in [5, 5.41) is 16.5. The van der Waals surface area contributed by atoms with Crippen molar-refractivity contribution in [2.45, 2.75) is 39.3 Å². The van der Waals surface area contributed by atoms with Gasteiger partial charge >= 0.3 is 5.97 Å². The van der Waals surface area contributed by atoms with Gasteiger partial charge < -0.3 is 10.0 Å². The van der Waals surface area contributed by atoms with Crippen LogP contribution in [-0.4, -0.2) is 38.1 Å². The minimum absolute atomic E-state index is 0.167. The van der Waals surface area contributed by atoms with Gasteiger partial charge in [-0.15, -0.1) is 0 Å². The van der Waals surface area contributed by atoms with E-state index in [1.807, 2.05) is 38.1 Å². The zero-order chi connectivity index (χ0) is 16.6. The first-order valence-electron chi connectivity index (χ1n) is 7.57. The smallest absolute Gasteiger partial charge is 0.326 e. The number of benzene rings is 1. The second-order valence-electron chi connectivity index (χ2n) is 5.94. The molecule has 1 amide bonds. The molecule has 0 saturated heterocycles. The molecule has 0 bridgehead atoms. The Morgan fingerprint density at radius 3 is 2.61 bits per heavy atom. The molecule has 1 unspecified atom stereocenters. The lowest BCUT2D eigenvalue weighted by Gasteiger charge is -2.34. The van der Waals surface area contributed by atoms with E-state index < -0.39 is 12.0 Å². The maximum absolute atomic E-state index is 12.7. The Bertz CT molecular complexity index is 747. The average molecular weight is 313 g/mol. The minimum atomic E-state index is -0.964. The molecule has 6 nitrogen and oxygen atoms in total. The van der Waals surface area contributed by atoms with Crippen molar-refractivity contribution in [3.63, 3.8) is 0 Å². The van der Waals surface area contributed by atoms with Crippen LogP contribution in [0.3, 0.4) is 0 Å². The number of carbonyl (C=O) groups excluding carboxylic acids is 1. The Labute approximate surface area is 134 Å². The fraction of sp³-hybridized carbons (Fsp3) is 0.353. The molecule has 1 atom stereocenters. The molecular formula is C17H19N3O3. The van der Waals surface area contributed by atoms with E-state index in [9.17, 15) is 14.7 Å². The molecule has 0 aliphatic carbocycles. The van der Waals surface area contributed by atoms with Crippen molar-refractivity contribution in [1.82, 2.24) is 15.1 Å². The number of hydrogen-bond donors (Lipinski definition) is 2. The molecule has 0 spiro atoms. The number of amides is 1. The van der Waals surface area contributed by atoms with E-state index in [1.54, 1.807) is 0 Å². The summed E-state index contributed by atoms with van der Waals surface area (Å²) in [7, 11) is 0. The van der Waals surface area contributed by atoms with Crippen LogP contribution in [-0.2, 0) is 29.0 Å². The zero-order valence-corrected chi connectivity index (χ0v) is 13.2. The number of fused-ring (bicyclic) bond motifs is 1. The lowest BCUT2D eigenvalue weighted by atomic mass is 9.93. The standard InChI is InChI=1S/C17H19N3O3/c1-10-14(11(2)19-18-10)8-16(21)20-9-13-6-4-3-5-12(13)7-15(20)17(22)23/h3-6,15H,7-9H2,1-2H3,(H,18,19)(H,22,23). The Kier molecular flexibility index (Phi) is 3.90. The van der Waals surface area contributed by atoms with Gasteiger partial charge in [0.25, 0.3) is 0 Å². The van der Waals surface area contributed by atoms with E-state index in [4.69, 9.17) is 0 Å². The summed E-state index contributed by atoms with van der Waals surface area (Å²) in [4.78, 5) is 25.8. The molecule has 0 fully saturated rings. The van der Waals surface area contributed by atoms with E-state index in [0.717, 1.165) is 28.1 Å². The van der Waals surface area contributed by atoms with Gasteiger partial charge in [-0.1, -0.05) is 24.3 Å². The van der Waals surface area contributed by atoms with Crippen LogP contribution >= 0.6 is 0 Å². The van der Waals surface area contributed by atoms with Crippen LogP contribution in [0.25, 0.3) is 0 Å². The van der Waals surface area contributed by atoms with Crippen molar-refractivity contribution >= 4 is 11.9 Å². The molecule has 0 saturated carbocycles. The number of carboxylic acids is 1. The predicted octanol–water partition coefficient (Wildman–Crippen LogP) is 1.61. The largest absolute Gasteiger partial charge is 0.480 e. The first kappa shape index (κ1) is 15.3. The highest BCUT2D eigenvalue weighted by atomic mass is 16.4. The lowest BCUT2D eigenvalue weighted by molar-refractivity contribution is -0.151. The maximum Gasteiger partial charge on any atom is 0.326 e. The number of aromatic nitrogens is 2. The number of rotatable bonds is 3. The minimum Gasteiger partial charge on any atom is -0.480 e. The van der Waals surface area contributed by atoms with Crippen molar-refractivity contribution in [1.29, 1.82) is 0 Å². The number of aliphatic carboxylic acids is 1. The van der Waals surface area contributed by atoms with Crippen LogP contribution in [0.1, 0.15) is 28.1 Å². The topological polar surface area (TPSA) is 86.3 Å². The normalized spacial score (nSPS) is 17.0. The number of nitrogens with zero attached hydrogens (tertiary/aromatic N) is 2. The van der Waals surface area contributed by atoms with E-state index in [-0.39, 0.29) is 12.3 Å². The number of H-pyrrole nitrogens is 1. The van der Waals surface area contributed by atoms with Gasteiger partial charge in [-0.3, -0.25) is 9.89 Å². The van der Waals surface area contributed by atoms with Gasteiger partial charge in [0.2, 0.25) is 5.91 Å². The molecule has 120 valence electrons. The Hall–Kier alpha value is -2.63. The fourth-order valence-corrected chi connectivity index (χ4v) is 3.09. The number of hydrogen-bond acceptors (Lipinski definition) is 3. The van der Waals surface area contributed by atoms with Gasteiger partial charge in [-0.2, -0.15) is 5.10 Å². The molecule has 6 heteroatoms. The maximum atomic E-state index is 12.7. The summed E-state index contributed by atoms with van der Waals surface area (Å²) < 4.78 is 0. The monoisotopic (exact) mass is 313 g/mol. The van der Waals surface area contributed by atoms with Gasteiger partial charge in [0.05, 0.1) is 12.1 Å². The molecule has 1 aromatic carbocycles. The van der Waals surface area contributed by atoms with E-state index in [0.29, 0.717) is 13.0 Å². The molecule has 2 N–H and O–H groups in total. The summed E-state index contributed by atoms with van der Waals surface area (Å²) in [6, 6.07) is 6.87. The molecule has 2 aromatic rings. The molecule has 0 radical (unpaired) electrons. The molecular weight excluding hydrogens is 294 g/mol. The van der Waals surface area contributed by atoms with Crippen LogP contribution in [0.4, 0.5) is 0 Å². The fourth-order valence-electron chi connectivity index (χ4n) is 3.09. The third-order valence-electron chi connectivity index (χ3n) is 4.46. The van der Waals surface area contributed by atoms with Gasteiger partial charge in [0, 0.05) is 24.2 Å². The number of carboxylic acid groups (broad SMARTS) is 1. The van der Waals surface area contributed by atoms with Crippen LogP contribution in [0.5, 0.6) is 0 Å². The number of nitrogens with one attached hydrogen (secondary N) is 1. The summed E-state index contributed by atoms with van der Waals surface area (Å²) in [6.45, 7) is 4.04. The summed E-state index contributed by atoms with van der Waals surface area (Å²) in [6.07, 6.45) is 0.515. The van der Waals surface area contributed by atoms with Crippen LogP contribution in [0.2, 0.25) is 0 Å². The summed E-state index contributed by atoms with van der Waals surface area (Å²) in [5.74, 6) is -1.15. The third-order valence-corrected chi connectivity index (χ3v) is 4.46. The lowest BCUT2D eigenvalue weighted by Crippen LogP contribution is -2.49. The van der Waals surface area contributed by atoms with E-state index in [2.05, 4.69) is 10.2 Å². The number of aromatic amines is 1. The highest BCUT2D eigenvalue weighted by molar-refractivity contribution is 5.86. The average Bonchev–Trinajstić information content (AvgIpc) is 2.85. The molecule has 23 heavy (non-hydrogen) atoms. The molecule has 2 heterocycles. The second-order valence-corrected chi connectivity index (χ2v) is 5.94. The SMILES string of the molecule is Cc1n[nH]c(C)c1CC(=O)N1Cc2ccccc2CC1C(=O)O. The van der Waals surface area contributed by atoms with Crippen LogP contribution in [0.15, 0.2) is 24.3 Å². The Balaban J connectivity index is 1.87. The zero-order valence-electron chi connectivity index (χ0n) is 13.2. The summed E-state index contributed by atoms with van der Waals surface area (Å²) in [5.41, 5.74) is 4.48. The van der Waals surface area contributed by atoms with Crippen molar-refractivity contribution in [2.75, 3.05) is 0 Å². The number of aryl methyl sites for hydroxylation is 2. The third kappa shape index (κ3) is 2.84. The van der Waals surface area contributed by atoms with Gasteiger partial charge in [0.1, 0.15) is 6.04 Å². The van der Waals surface area contributed by atoms with Gasteiger partial charge in [-0.05, 0) is 25.0 Å². The second kappa shape index (κ2) is 5.87. The molecule has 1 aliphatic rings. The predicted molar refractivity (Wildman–Crippen MR) is 83.9 cm³/mol. The van der Waals surface area contributed by atoms with Crippen molar-refractivity contribution in [3.8, 4) is 0 Å². The Morgan fingerprint density at radius 1 is 1.30 bits per heavy atom. The first-order chi connectivity index (χ1) is 11.0. The van der Waals surface area contributed by atoms with Crippen molar-refractivity contribution in [3.05, 3.63) is 52.3 Å². The van der Waals surface area contributed by atoms with E-state index in [1.165, 1.54) is 4.90 Å². The summed E-state index contributed by atoms with van der Waals surface area (Å²) >= 11 is 0.